The predicted molar refractivity (Wildman–Crippen MR) is 108 cm³/mol. The fourth-order valence-electron chi connectivity index (χ4n) is 3.13. The molecule has 2 aromatic heterocycles. The quantitative estimate of drug-likeness (QED) is 0.517. The van der Waals surface area contributed by atoms with Crippen LogP contribution in [0.1, 0.15) is 55.5 Å². The summed E-state index contributed by atoms with van der Waals surface area (Å²) in [5.74, 6) is 1.25. The maximum Gasteiger partial charge on any atom is 0.250 e. The number of unbranched alkanes of at least 4 members (excludes halogenated alkanes) is 2. The molecule has 2 heterocycles. The smallest absolute Gasteiger partial charge is 0.250 e. The summed E-state index contributed by atoms with van der Waals surface area (Å²) in [4.78, 5) is 9.09. The molecule has 0 atom stereocenters. The van der Waals surface area contributed by atoms with Crippen LogP contribution >= 0.6 is 0 Å². The first-order valence-corrected chi connectivity index (χ1v) is 9.79. The molecule has 0 aliphatic rings. The van der Waals surface area contributed by atoms with E-state index in [9.17, 15) is 0 Å². The van der Waals surface area contributed by atoms with Gasteiger partial charge in [0.15, 0.2) is 0 Å². The summed E-state index contributed by atoms with van der Waals surface area (Å²) in [6, 6.07) is 10.4. The molecular formula is C22H28N4O. The number of hydrogen-bond acceptors (Lipinski definition) is 4. The van der Waals surface area contributed by atoms with Crippen molar-refractivity contribution in [1.82, 2.24) is 19.7 Å². The third kappa shape index (κ3) is 4.73. The van der Waals surface area contributed by atoms with E-state index in [1.54, 1.807) is 4.68 Å². The van der Waals surface area contributed by atoms with Gasteiger partial charge in [-0.3, -0.25) is 0 Å². The van der Waals surface area contributed by atoms with Gasteiger partial charge in [0.05, 0.1) is 12.3 Å². The fourth-order valence-corrected chi connectivity index (χ4v) is 3.13. The normalized spacial score (nSPS) is 10.9. The summed E-state index contributed by atoms with van der Waals surface area (Å²) < 4.78 is 7.58. The Morgan fingerprint density at radius 1 is 0.963 bits per heavy atom. The maximum absolute atomic E-state index is 5.79. The largest absolute Gasteiger partial charge is 0.477 e. The van der Waals surface area contributed by atoms with Crippen molar-refractivity contribution in [1.29, 1.82) is 0 Å². The predicted octanol–water partition coefficient (Wildman–Crippen LogP) is 4.69. The molecule has 0 aliphatic heterocycles. The van der Waals surface area contributed by atoms with Crippen LogP contribution in [-0.2, 0) is 12.8 Å². The van der Waals surface area contributed by atoms with Gasteiger partial charge in [-0.15, -0.1) is 5.10 Å². The molecule has 142 valence electrons. The second-order valence-electron chi connectivity index (χ2n) is 6.72. The van der Waals surface area contributed by atoms with E-state index in [0.717, 1.165) is 24.1 Å². The van der Waals surface area contributed by atoms with E-state index in [-0.39, 0.29) is 0 Å². The monoisotopic (exact) mass is 364 g/mol. The molecule has 0 saturated carbocycles. The third-order valence-corrected chi connectivity index (χ3v) is 4.66. The molecule has 5 nitrogen and oxygen atoms in total. The van der Waals surface area contributed by atoms with Crippen LogP contribution in [0.5, 0.6) is 5.88 Å². The van der Waals surface area contributed by atoms with E-state index >= 15 is 0 Å². The van der Waals surface area contributed by atoms with Crippen LogP contribution < -0.4 is 4.74 Å². The Kier molecular flexibility index (Phi) is 6.58. The molecule has 0 bridgehead atoms. The number of aryl methyl sites for hydroxylation is 1. The summed E-state index contributed by atoms with van der Waals surface area (Å²) in [5, 5.41) is 4.64. The Morgan fingerprint density at radius 3 is 2.37 bits per heavy atom. The summed E-state index contributed by atoms with van der Waals surface area (Å²) in [6.07, 6.45) is 9.26. The van der Waals surface area contributed by atoms with Crippen molar-refractivity contribution < 1.29 is 4.74 Å². The van der Waals surface area contributed by atoms with E-state index in [1.165, 1.54) is 30.4 Å². The van der Waals surface area contributed by atoms with Crippen LogP contribution in [0.3, 0.4) is 0 Å². The Balaban J connectivity index is 1.86. The van der Waals surface area contributed by atoms with Crippen molar-refractivity contribution in [3.05, 3.63) is 65.1 Å². The Bertz CT molecular complexity index is 841. The first-order chi connectivity index (χ1) is 13.2. The van der Waals surface area contributed by atoms with Gasteiger partial charge in [-0.25, -0.2) is 9.97 Å². The van der Waals surface area contributed by atoms with E-state index in [0.29, 0.717) is 18.4 Å². The molecule has 27 heavy (non-hydrogen) atoms. The third-order valence-electron chi connectivity index (χ3n) is 4.66. The zero-order valence-electron chi connectivity index (χ0n) is 16.5. The van der Waals surface area contributed by atoms with Crippen molar-refractivity contribution in [3.8, 4) is 11.8 Å². The van der Waals surface area contributed by atoms with Crippen molar-refractivity contribution in [2.75, 3.05) is 6.61 Å². The van der Waals surface area contributed by atoms with Gasteiger partial charge in [-0.05, 0) is 37.8 Å². The van der Waals surface area contributed by atoms with Crippen LogP contribution in [0, 0.1) is 6.92 Å². The number of benzene rings is 1. The second kappa shape index (κ2) is 9.31. The molecule has 0 saturated heterocycles. The zero-order valence-corrected chi connectivity index (χ0v) is 16.5. The number of hydrogen-bond donors (Lipinski definition) is 0. The minimum atomic E-state index is 0.579. The molecule has 0 aliphatic carbocycles. The van der Waals surface area contributed by atoms with Gasteiger partial charge < -0.3 is 4.74 Å². The standard InChI is InChI=1S/C22H28N4O/c1-4-6-8-13-19-15-23-22(24-16-19)26-17(3)20(21(25-26)27-5-2)14-18-11-9-7-10-12-18/h7,9-12,15-16H,4-6,8,13-14H2,1-3H3. The van der Waals surface area contributed by atoms with Crippen molar-refractivity contribution in [2.24, 2.45) is 0 Å². The van der Waals surface area contributed by atoms with Gasteiger partial charge in [-0.2, -0.15) is 4.68 Å². The van der Waals surface area contributed by atoms with Gasteiger partial charge in [0.2, 0.25) is 5.88 Å². The maximum atomic E-state index is 5.79. The first-order valence-electron chi connectivity index (χ1n) is 9.79. The molecule has 0 amide bonds. The number of ether oxygens (including phenoxy) is 1. The van der Waals surface area contributed by atoms with Crippen molar-refractivity contribution in [3.63, 3.8) is 0 Å². The average Bonchev–Trinajstić information content (AvgIpc) is 3.00. The molecule has 3 aromatic rings. The molecule has 3 rings (SSSR count). The lowest BCUT2D eigenvalue weighted by Gasteiger charge is -2.05. The second-order valence-corrected chi connectivity index (χ2v) is 6.72. The Hall–Kier alpha value is -2.69. The lowest BCUT2D eigenvalue weighted by Crippen LogP contribution is -2.06. The van der Waals surface area contributed by atoms with E-state index in [2.05, 4.69) is 46.3 Å². The summed E-state index contributed by atoms with van der Waals surface area (Å²) in [5.41, 5.74) is 4.50. The lowest BCUT2D eigenvalue weighted by molar-refractivity contribution is 0.321. The first kappa shape index (κ1) is 19.1. The lowest BCUT2D eigenvalue weighted by atomic mass is 10.1. The fraction of sp³-hybridized carbons (Fsp3) is 0.409. The van der Waals surface area contributed by atoms with E-state index in [1.807, 2.05) is 32.3 Å². The number of aromatic nitrogens is 4. The summed E-state index contributed by atoms with van der Waals surface area (Å²) in [6.45, 7) is 6.81. The average molecular weight is 364 g/mol. The van der Waals surface area contributed by atoms with Crippen LogP contribution in [0.15, 0.2) is 42.7 Å². The minimum Gasteiger partial charge on any atom is -0.477 e. The molecule has 0 unspecified atom stereocenters. The zero-order chi connectivity index (χ0) is 19.1. The molecule has 0 radical (unpaired) electrons. The van der Waals surface area contributed by atoms with Gasteiger partial charge in [0.1, 0.15) is 0 Å². The van der Waals surface area contributed by atoms with Gasteiger partial charge in [0.25, 0.3) is 5.95 Å². The molecule has 5 heteroatoms. The van der Waals surface area contributed by atoms with Gasteiger partial charge in [0, 0.05) is 24.4 Å². The molecular weight excluding hydrogens is 336 g/mol. The topological polar surface area (TPSA) is 52.8 Å². The SMILES string of the molecule is CCCCCc1cnc(-n2nc(OCC)c(Cc3ccccc3)c2C)nc1. The van der Waals surface area contributed by atoms with Crippen molar-refractivity contribution >= 4 is 0 Å². The van der Waals surface area contributed by atoms with Crippen molar-refractivity contribution in [2.45, 2.75) is 52.9 Å². The van der Waals surface area contributed by atoms with Gasteiger partial charge >= 0.3 is 0 Å². The summed E-state index contributed by atoms with van der Waals surface area (Å²) >= 11 is 0. The molecule has 0 N–H and O–H groups in total. The number of rotatable bonds is 9. The highest BCUT2D eigenvalue weighted by molar-refractivity contribution is 5.38. The molecule has 0 spiro atoms. The van der Waals surface area contributed by atoms with Crippen LogP contribution in [-0.4, -0.2) is 26.4 Å². The number of nitrogens with zero attached hydrogens (tertiary/aromatic N) is 4. The Morgan fingerprint density at radius 2 is 1.70 bits per heavy atom. The summed E-state index contributed by atoms with van der Waals surface area (Å²) in [7, 11) is 0. The molecule has 1 aromatic carbocycles. The Labute approximate surface area is 161 Å². The van der Waals surface area contributed by atoms with Crippen LogP contribution in [0.25, 0.3) is 5.95 Å². The highest BCUT2D eigenvalue weighted by atomic mass is 16.5. The van der Waals surface area contributed by atoms with Crippen LogP contribution in [0.4, 0.5) is 0 Å². The highest BCUT2D eigenvalue weighted by Crippen LogP contribution is 2.26. The molecule has 0 fully saturated rings. The minimum absolute atomic E-state index is 0.579. The van der Waals surface area contributed by atoms with Gasteiger partial charge in [-0.1, -0.05) is 50.1 Å². The van der Waals surface area contributed by atoms with Crippen LogP contribution in [0.2, 0.25) is 0 Å². The van der Waals surface area contributed by atoms with E-state index < -0.39 is 0 Å². The highest BCUT2D eigenvalue weighted by Gasteiger charge is 2.18. The van der Waals surface area contributed by atoms with E-state index in [4.69, 9.17) is 4.74 Å².